The van der Waals surface area contributed by atoms with E-state index in [1.807, 2.05) is 0 Å². The van der Waals surface area contributed by atoms with E-state index in [-0.39, 0.29) is 5.62 Å². The third-order valence-electron chi connectivity index (χ3n) is 2.78. The number of aromatic nitrogens is 2. The lowest BCUT2D eigenvalue weighted by Gasteiger charge is -2.00. The number of rotatable bonds is 3. The molecule has 0 bridgehead atoms. The molecule has 3 N–H and O–H groups in total. The van der Waals surface area contributed by atoms with E-state index in [1.165, 1.54) is 4.57 Å². The summed E-state index contributed by atoms with van der Waals surface area (Å²) in [6.07, 6.45) is 0. The zero-order chi connectivity index (χ0) is 15.6. The number of carboxylic acids is 2. The summed E-state index contributed by atoms with van der Waals surface area (Å²) in [5.41, 5.74) is 3.22. The van der Waals surface area contributed by atoms with Crippen molar-refractivity contribution < 1.29 is 24.6 Å². The van der Waals surface area contributed by atoms with Gasteiger partial charge in [0, 0.05) is 7.05 Å². The van der Waals surface area contributed by atoms with Crippen LogP contribution in [0.3, 0.4) is 0 Å². The van der Waals surface area contributed by atoms with Crippen molar-refractivity contribution >= 4 is 28.9 Å². The van der Waals surface area contributed by atoms with E-state index in [2.05, 4.69) is 10.5 Å². The molecular formula is C12H12N4O5. The van der Waals surface area contributed by atoms with Crippen LogP contribution in [0.4, 0.5) is 0 Å². The van der Waals surface area contributed by atoms with Crippen LogP contribution in [-0.2, 0) is 16.6 Å². The van der Waals surface area contributed by atoms with Crippen molar-refractivity contribution in [3.8, 4) is 0 Å². The van der Waals surface area contributed by atoms with Gasteiger partial charge in [-0.2, -0.15) is 0 Å². The van der Waals surface area contributed by atoms with E-state index in [0.717, 1.165) is 4.57 Å². The Hall–Kier alpha value is -3.10. The maximum absolute atomic E-state index is 11.8. The zero-order valence-corrected chi connectivity index (χ0v) is 11.0. The number of carboxylic acid groups (broad SMARTS) is 2. The molecule has 0 saturated heterocycles. The maximum Gasteiger partial charge on any atom is 0.395 e. The van der Waals surface area contributed by atoms with Crippen molar-refractivity contribution in [2.24, 2.45) is 12.1 Å². The number of nitrogens with zero attached hydrogens (tertiary/aromatic N) is 3. The maximum atomic E-state index is 11.8. The van der Waals surface area contributed by atoms with Crippen LogP contribution in [0, 0.1) is 0 Å². The van der Waals surface area contributed by atoms with E-state index in [1.54, 1.807) is 31.3 Å². The lowest BCUT2D eigenvalue weighted by atomic mass is 10.3. The number of aliphatic carboxylic acids is 2. The summed E-state index contributed by atoms with van der Waals surface area (Å²) >= 11 is 0. The Morgan fingerprint density at radius 2 is 1.81 bits per heavy atom. The molecule has 0 aliphatic heterocycles. The minimum Gasteiger partial charge on any atom is -0.480 e. The van der Waals surface area contributed by atoms with E-state index in [4.69, 9.17) is 10.2 Å². The van der Waals surface area contributed by atoms with E-state index in [9.17, 15) is 14.4 Å². The normalized spacial score (nSPS) is 11.6. The second-order valence-electron chi connectivity index (χ2n) is 4.13. The molecule has 0 radical (unpaired) electrons. The zero-order valence-electron chi connectivity index (χ0n) is 11.0. The first-order valence-corrected chi connectivity index (χ1v) is 5.86. The van der Waals surface area contributed by atoms with Gasteiger partial charge in [-0.25, -0.2) is 9.36 Å². The molecule has 1 aromatic heterocycles. The molecule has 2 aromatic rings. The number of para-hydroxylation sites is 2. The van der Waals surface area contributed by atoms with Crippen LogP contribution in [0.2, 0.25) is 0 Å². The summed E-state index contributed by atoms with van der Waals surface area (Å²) in [7, 11) is 1.59. The van der Waals surface area contributed by atoms with Gasteiger partial charge in [-0.1, -0.05) is 12.1 Å². The first-order chi connectivity index (χ1) is 9.93. The summed E-state index contributed by atoms with van der Waals surface area (Å²) in [4.78, 5) is 33.3. The molecular weight excluding hydrogens is 280 g/mol. The van der Waals surface area contributed by atoms with Gasteiger partial charge in [-0.15, -0.1) is 5.10 Å². The summed E-state index contributed by atoms with van der Waals surface area (Å²) in [6.45, 7) is -0.456. The molecule has 110 valence electrons. The number of nitrogens with one attached hydrogen (secondary N) is 1. The first-order valence-electron chi connectivity index (χ1n) is 5.86. The molecule has 0 atom stereocenters. The highest BCUT2D eigenvalue weighted by Crippen LogP contribution is 2.11. The second kappa shape index (κ2) is 5.49. The first kappa shape index (κ1) is 14.3. The van der Waals surface area contributed by atoms with Gasteiger partial charge in [-0.3, -0.25) is 15.0 Å². The van der Waals surface area contributed by atoms with Crippen molar-refractivity contribution in [3.05, 3.63) is 29.9 Å². The summed E-state index contributed by atoms with van der Waals surface area (Å²) in [6, 6.07) is 6.65. The molecule has 0 unspecified atom stereocenters. The number of fused-ring (bicyclic) bond motifs is 1. The lowest BCUT2D eigenvalue weighted by molar-refractivity contribution is -0.136. The Balaban J connectivity index is 2.70. The fraction of sp³-hybridized carbons (Fsp3) is 0.167. The lowest BCUT2D eigenvalue weighted by Crippen LogP contribution is -2.35. The molecule has 2 rings (SSSR count). The average Bonchev–Trinajstić information content (AvgIpc) is 2.71. The molecule has 9 heteroatoms. The number of aryl methyl sites for hydroxylation is 1. The van der Waals surface area contributed by atoms with Gasteiger partial charge < -0.3 is 14.8 Å². The Morgan fingerprint density at radius 3 is 2.38 bits per heavy atom. The molecule has 21 heavy (non-hydrogen) atoms. The van der Waals surface area contributed by atoms with Crippen molar-refractivity contribution in [3.63, 3.8) is 0 Å². The number of carbonyl (C=O) groups excluding carboxylic acids is 1. The molecule has 0 fully saturated rings. The standard InChI is InChI=1S/C12H12N4O5/c1-15-7-4-2-3-5-8(7)16(10(19)11(20)21)12(15)14-13-6-9(17)18/h2-5,13H,6H2,1H3,(H,17,18)(H,20,21)/b14-12-. The van der Waals surface area contributed by atoms with Gasteiger partial charge >= 0.3 is 17.8 Å². The van der Waals surface area contributed by atoms with Gasteiger partial charge in [0.2, 0.25) is 5.62 Å². The molecule has 1 heterocycles. The smallest absolute Gasteiger partial charge is 0.395 e. The Morgan fingerprint density at radius 1 is 1.19 bits per heavy atom. The topological polar surface area (TPSA) is 126 Å². The third-order valence-corrected chi connectivity index (χ3v) is 2.78. The minimum absolute atomic E-state index is 0.00940. The number of imidazole rings is 1. The van der Waals surface area contributed by atoms with Crippen LogP contribution in [-0.4, -0.2) is 43.7 Å². The largest absolute Gasteiger partial charge is 0.480 e. The fourth-order valence-corrected chi connectivity index (χ4v) is 1.90. The molecule has 0 aliphatic carbocycles. The Labute approximate surface area is 117 Å². The quantitative estimate of drug-likeness (QED) is 0.502. The van der Waals surface area contributed by atoms with E-state index >= 15 is 0 Å². The third kappa shape index (κ3) is 2.61. The van der Waals surface area contributed by atoms with E-state index in [0.29, 0.717) is 11.0 Å². The number of benzene rings is 1. The van der Waals surface area contributed by atoms with Crippen LogP contribution in [0.25, 0.3) is 11.0 Å². The van der Waals surface area contributed by atoms with Crippen molar-refractivity contribution in [2.45, 2.75) is 0 Å². The van der Waals surface area contributed by atoms with Crippen LogP contribution in [0.1, 0.15) is 4.79 Å². The summed E-state index contributed by atoms with van der Waals surface area (Å²) < 4.78 is 2.40. The van der Waals surface area contributed by atoms with Gasteiger partial charge in [0.05, 0.1) is 11.0 Å². The highest BCUT2D eigenvalue weighted by atomic mass is 16.4. The summed E-state index contributed by atoms with van der Waals surface area (Å²) in [5.74, 6) is -3.94. The van der Waals surface area contributed by atoms with E-state index < -0.39 is 24.4 Å². The van der Waals surface area contributed by atoms with Gasteiger partial charge in [0.1, 0.15) is 6.54 Å². The molecule has 0 saturated carbocycles. The highest BCUT2D eigenvalue weighted by Gasteiger charge is 2.20. The Bertz CT molecular complexity index is 802. The monoisotopic (exact) mass is 292 g/mol. The number of carbonyl (C=O) groups is 3. The van der Waals surface area contributed by atoms with Crippen molar-refractivity contribution in [1.29, 1.82) is 0 Å². The van der Waals surface area contributed by atoms with Crippen LogP contribution in [0.15, 0.2) is 29.4 Å². The van der Waals surface area contributed by atoms with Crippen LogP contribution in [0.5, 0.6) is 0 Å². The molecule has 0 amide bonds. The predicted octanol–water partition coefficient (Wildman–Crippen LogP) is -0.805. The predicted molar refractivity (Wildman–Crippen MR) is 70.4 cm³/mol. The van der Waals surface area contributed by atoms with Crippen molar-refractivity contribution in [1.82, 2.24) is 14.6 Å². The van der Waals surface area contributed by atoms with Crippen molar-refractivity contribution in [2.75, 3.05) is 6.54 Å². The second-order valence-corrected chi connectivity index (χ2v) is 4.13. The molecule has 9 nitrogen and oxygen atoms in total. The SMILES string of the molecule is Cn1/c(=N/NCC(=O)O)n(C(=O)C(=O)O)c2ccccc21. The molecule has 1 aromatic carbocycles. The molecule has 0 aliphatic rings. The highest BCUT2D eigenvalue weighted by molar-refractivity contribution is 6.33. The van der Waals surface area contributed by atoms with Gasteiger partial charge in [-0.05, 0) is 12.1 Å². The van der Waals surface area contributed by atoms with Crippen LogP contribution >= 0.6 is 0 Å². The average molecular weight is 292 g/mol. The number of hydrogen-bond acceptors (Lipinski definition) is 5. The molecule has 0 spiro atoms. The fourth-order valence-electron chi connectivity index (χ4n) is 1.90. The van der Waals surface area contributed by atoms with Crippen LogP contribution < -0.4 is 11.0 Å². The van der Waals surface area contributed by atoms with Gasteiger partial charge in [0.25, 0.3) is 0 Å². The Kier molecular flexibility index (Phi) is 3.74. The number of hydrogen-bond donors (Lipinski definition) is 3. The minimum atomic E-state index is -1.63. The summed E-state index contributed by atoms with van der Waals surface area (Å²) in [5, 5.41) is 21.3. The van der Waals surface area contributed by atoms with Gasteiger partial charge in [0.15, 0.2) is 0 Å².